The van der Waals surface area contributed by atoms with E-state index >= 15 is 0 Å². The third-order valence-corrected chi connectivity index (χ3v) is 17.6. The summed E-state index contributed by atoms with van der Waals surface area (Å²) in [7, 11) is -0.375. The number of hydrogen-bond acceptors (Lipinski definition) is 10. The van der Waals surface area contributed by atoms with Gasteiger partial charge < -0.3 is 19.0 Å². The number of aliphatic hydroxyl groups excluding tert-OH is 1. The summed E-state index contributed by atoms with van der Waals surface area (Å²) in [5.41, 5.74) is 5.04. The molecule has 3 aliphatic rings. The van der Waals surface area contributed by atoms with Crippen LogP contribution >= 0.6 is 23.2 Å². The minimum Gasteiger partial charge on any atom is -0.480 e. The van der Waals surface area contributed by atoms with Crippen molar-refractivity contribution in [2.24, 2.45) is 5.41 Å². The molecule has 4 heterocycles. The molecule has 2 aromatic carbocycles. The van der Waals surface area contributed by atoms with Crippen LogP contribution in [0.1, 0.15) is 66.6 Å². The van der Waals surface area contributed by atoms with E-state index < -0.39 is 14.9 Å². The largest absolute Gasteiger partial charge is 0.480 e. The highest BCUT2D eigenvalue weighted by Gasteiger charge is 2.51. The van der Waals surface area contributed by atoms with Crippen LogP contribution in [0.25, 0.3) is 22.4 Å². The molecule has 310 valence electrons. The Morgan fingerprint density at radius 1 is 1.03 bits per heavy atom. The highest BCUT2D eigenvalue weighted by molar-refractivity contribution is 6.74. The molecule has 1 aliphatic carbocycles. The molecule has 0 radical (unpaired) electrons. The lowest BCUT2D eigenvalue weighted by Crippen LogP contribution is -2.63. The molecule has 0 bridgehead atoms. The van der Waals surface area contributed by atoms with Crippen LogP contribution in [0.5, 0.6) is 11.6 Å². The van der Waals surface area contributed by atoms with Gasteiger partial charge >= 0.3 is 6.61 Å². The van der Waals surface area contributed by atoms with Gasteiger partial charge in [0.05, 0.1) is 40.8 Å². The van der Waals surface area contributed by atoms with Crippen LogP contribution in [0.15, 0.2) is 48.7 Å². The maximum absolute atomic E-state index is 13.9. The number of carbonyl (C=O) groups excluding carboxylic acids is 1. The number of likely N-dealkylation sites (tertiary alicyclic amines) is 1. The highest BCUT2D eigenvalue weighted by atomic mass is 35.5. The number of aliphatic hydroxyl groups is 1. The molecule has 10 nitrogen and oxygen atoms in total. The van der Waals surface area contributed by atoms with E-state index in [-0.39, 0.29) is 40.2 Å². The zero-order valence-electron chi connectivity index (χ0n) is 33.9. The van der Waals surface area contributed by atoms with Gasteiger partial charge in [0, 0.05) is 86.0 Å². The van der Waals surface area contributed by atoms with Gasteiger partial charge in [-0.3, -0.25) is 19.6 Å². The quantitative estimate of drug-likeness (QED) is 0.0976. The number of rotatable bonds is 14. The number of Topliss-reactive ketones (excluding diaryl/α,β-unsaturated/α-hetero) is 1. The van der Waals surface area contributed by atoms with Gasteiger partial charge in [-0.2, -0.15) is 8.78 Å². The first kappa shape index (κ1) is 42.6. The molecule has 2 aromatic heterocycles. The van der Waals surface area contributed by atoms with E-state index in [1.807, 2.05) is 24.3 Å². The predicted molar refractivity (Wildman–Crippen MR) is 223 cm³/mol. The molecule has 1 saturated carbocycles. The molecule has 1 saturated heterocycles. The van der Waals surface area contributed by atoms with Gasteiger partial charge in [-0.1, -0.05) is 80.4 Å². The average Bonchev–Trinajstić information content (AvgIpc) is 3.13. The number of ether oxygens (including phenoxy) is 2. The van der Waals surface area contributed by atoms with Crippen LogP contribution in [-0.2, 0) is 30.4 Å². The van der Waals surface area contributed by atoms with Crippen LogP contribution in [-0.4, -0.2) is 96.6 Å². The number of benzene rings is 2. The Bertz CT molecular complexity index is 2170. The summed E-state index contributed by atoms with van der Waals surface area (Å²) in [6, 6.07) is 12.2. The number of ketones is 1. The van der Waals surface area contributed by atoms with Gasteiger partial charge in [-0.25, -0.2) is 9.97 Å². The van der Waals surface area contributed by atoms with E-state index in [0.717, 1.165) is 31.6 Å². The van der Waals surface area contributed by atoms with E-state index in [9.17, 15) is 18.7 Å². The smallest absolute Gasteiger partial charge is 0.387 e. The van der Waals surface area contributed by atoms with Crippen molar-refractivity contribution in [3.8, 4) is 34.0 Å². The molecule has 2 aliphatic heterocycles. The lowest BCUT2D eigenvalue weighted by atomic mass is 9.62. The number of hydrogen-bond donors (Lipinski definition) is 1. The first-order valence-corrected chi connectivity index (χ1v) is 23.4. The summed E-state index contributed by atoms with van der Waals surface area (Å²) in [5.74, 6) is -0.00577. The molecule has 1 N–H and O–H groups in total. The second kappa shape index (κ2) is 16.8. The van der Waals surface area contributed by atoms with Gasteiger partial charge in [-0.15, -0.1) is 0 Å². The van der Waals surface area contributed by atoms with Crippen molar-refractivity contribution in [1.82, 2.24) is 24.8 Å². The topological polar surface area (TPSA) is 110 Å². The second-order valence-electron chi connectivity index (χ2n) is 17.4. The molecular weight excluding hydrogens is 803 g/mol. The number of nitrogens with zero attached hydrogens (tertiary/aromatic N) is 5. The first-order valence-electron chi connectivity index (χ1n) is 19.7. The molecule has 7 rings (SSSR count). The number of carbonyl (C=O) groups is 1. The van der Waals surface area contributed by atoms with Gasteiger partial charge in [0.25, 0.3) is 0 Å². The summed E-state index contributed by atoms with van der Waals surface area (Å²) < 4.78 is 44.2. The number of halogens is 4. The molecule has 1 spiro atoms. The van der Waals surface area contributed by atoms with Crippen molar-refractivity contribution in [1.29, 1.82) is 0 Å². The SMILES string of the molecule is COc1nc(-c2cccc(-c3cccc(CC(=O)c4cc(OC(F)F)c5c(n4)CN(CCO[Si](C)(C)C(C)(C)C)CC5)c3Cl)c2Cl)cnc1CN1CC2(CC(O)C2)C1. The van der Waals surface area contributed by atoms with Gasteiger partial charge in [0.15, 0.2) is 14.1 Å². The van der Waals surface area contributed by atoms with Crippen LogP contribution < -0.4 is 9.47 Å². The van der Waals surface area contributed by atoms with Crippen molar-refractivity contribution in [3.63, 3.8) is 0 Å². The summed E-state index contributed by atoms with van der Waals surface area (Å²) >= 11 is 14.1. The number of alkyl halides is 2. The summed E-state index contributed by atoms with van der Waals surface area (Å²) in [6.45, 7) is 12.6. The number of aromatic nitrogens is 3. The van der Waals surface area contributed by atoms with E-state index in [0.29, 0.717) is 94.3 Å². The lowest BCUT2D eigenvalue weighted by Gasteiger charge is -2.57. The zero-order chi connectivity index (χ0) is 41.6. The molecule has 0 amide bonds. The molecule has 15 heteroatoms. The molecular formula is C43H51Cl2F2N5O5Si. The average molecular weight is 855 g/mol. The maximum Gasteiger partial charge on any atom is 0.387 e. The number of fused-ring (bicyclic) bond motifs is 1. The molecule has 58 heavy (non-hydrogen) atoms. The zero-order valence-corrected chi connectivity index (χ0v) is 36.4. The normalized spacial score (nSPS) is 17.2. The highest BCUT2D eigenvalue weighted by Crippen LogP contribution is 2.49. The molecule has 2 fully saturated rings. The van der Waals surface area contributed by atoms with Crippen LogP contribution in [0.4, 0.5) is 8.78 Å². The Morgan fingerprint density at radius 2 is 1.72 bits per heavy atom. The van der Waals surface area contributed by atoms with E-state index in [2.05, 4.69) is 43.7 Å². The van der Waals surface area contributed by atoms with Crippen molar-refractivity contribution in [2.45, 2.75) is 90.4 Å². The van der Waals surface area contributed by atoms with Crippen molar-refractivity contribution in [3.05, 3.63) is 86.9 Å². The first-order chi connectivity index (χ1) is 27.5. The van der Waals surface area contributed by atoms with E-state index in [1.54, 1.807) is 25.4 Å². The lowest BCUT2D eigenvalue weighted by molar-refractivity contribution is -0.131. The fraction of sp³-hybridized carbons (Fsp3) is 0.488. The number of methoxy groups -OCH3 is 1. The summed E-state index contributed by atoms with van der Waals surface area (Å²) in [6.07, 6.45) is 3.53. The standard InChI is InChI=1S/C43H51Cl2F2N5O5Si/c1-42(2,3)58(5,6)56-16-15-51-14-13-30-34(22-51)49-32(18-37(30)57-41(46)47)36(54)17-26-9-7-10-28(38(26)44)29-11-8-12-31(39(29)45)33-21-48-35(40(50-33)55-4)23-52-24-43(25-52)19-27(53)20-43/h7-12,18,21,27,41,53H,13-17,19-20,22-25H2,1-6H3. The molecule has 0 unspecified atom stereocenters. The Morgan fingerprint density at radius 3 is 2.40 bits per heavy atom. The van der Waals surface area contributed by atoms with Crippen molar-refractivity contribution >= 4 is 37.3 Å². The Labute approximate surface area is 350 Å². The Hall–Kier alpha value is -3.56. The fourth-order valence-electron chi connectivity index (χ4n) is 8.09. The minimum atomic E-state index is -3.05. The number of pyridine rings is 1. The van der Waals surface area contributed by atoms with E-state index in [4.69, 9.17) is 52.1 Å². The van der Waals surface area contributed by atoms with Crippen molar-refractivity contribution in [2.75, 3.05) is 39.9 Å². The third-order valence-electron chi connectivity index (χ3n) is 12.2. The van der Waals surface area contributed by atoms with Gasteiger partial charge in [-0.05, 0) is 43.0 Å². The molecule has 4 aromatic rings. The van der Waals surface area contributed by atoms with Crippen LogP contribution in [0, 0.1) is 5.41 Å². The summed E-state index contributed by atoms with van der Waals surface area (Å²) in [4.78, 5) is 32.5. The fourth-order valence-corrected chi connectivity index (χ4v) is 9.74. The van der Waals surface area contributed by atoms with Crippen LogP contribution in [0.3, 0.4) is 0 Å². The van der Waals surface area contributed by atoms with Crippen LogP contribution in [0.2, 0.25) is 28.2 Å². The second-order valence-corrected chi connectivity index (χ2v) is 23.0. The van der Waals surface area contributed by atoms with Gasteiger partial charge in [0.2, 0.25) is 5.88 Å². The van der Waals surface area contributed by atoms with Gasteiger partial charge in [0.1, 0.15) is 17.1 Å². The van der Waals surface area contributed by atoms with Crippen molar-refractivity contribution < 1.29 is 32.6 Å². The predicted octanol–water partition coefficient (Wildman–Crippen LogP) is 8.88. The molecule has 0 atom stereocenters. The summed E-state index contributed by atoms with van der Waals surface area (Å²) in [5, 5.41) is 10.6. The Balaban J connectivity index is 1.08. The maximum atomic E-state index is 13.9. The monoisotopic (exact) mass is 853 g/mol. The third kappa shape index (κ3) is 8.96. The Kier molecular flexibility index (Phi) is 12.3. The minimum absolute atomic E-state index is 0.0277. The van der Waals surface area contributed by atoms with E-state index in [1.165, 1.54) is 6.07 Å².